The number of likely N-dealkylation sites (tertiary alicyclic amines) is 1. The fraction of sp³-hybridized carbons (Fsp3) is 0.619. The molecule has 0 radical (unpaired) electrons. The van der Waals surface area contributed by atoms with Crippen LogP contribution in [0, 0.1) is 5.92 Å². The van der Waals surface area contributed by atoms with Crippen LogP contribution in [0.2, 0.25) is 5.02 Å². The quantitative estimate of drug-likeness (QED) is 0.773. The number of piperidine rings is 1. The van der Waals surface area contributed by atoms with E-state index < -0.39 is 0 Å². The number of nitrogens with one attached hydrogen (secondary N) is 1. The van der Waals surface area contributed by atoms with Crippen molar-refractivity contribution in [1.82, 2.24) is 10.2 Å². The summed E-state index contributed by atoms with van der Waals surface area (Å²) in [5, 5.41) is 3.99. The second kappa shape index (κ2) is 9.95. The molecule has 28 heavy (non-hydrogen) atoms. The number of benzene rings is 1. The first-order chi connectivity index (χ1) is 12.9. The van der Waals surface area contributed by atoms with Gasteiger partial charge in [-0.05, 0) is 56.2 Å². The fourth-order valence-corrected chi connectivity index (χ4v) is 4.71. The molecule has 156 valence electrons. The summed E-state index contributed by atoms with van der Waals surface area (Å²) in [5.41, 5.74) is 7.32. The predicted octanol–water partition coefficient (Wildman–Crippen LogP) is 3.28. The SMILES string of the molecule is CC(=O)N1CCC(C(=O)N[C@H]2CC[C@@](CN)(c3cccc(Cl)c3)CC2)CC1.Cl. The Hall–Kier alpha value is -1.30. The Kier molecular flexibility index (Phi) is 8.17. The van der Waals surface area contributed by atoms with Crippen LogP contribution in [-0.4, -0.2) is 42.4 Å². The molecule has 1 aromatic carbocycles. The molecule has 3 N–H and O–H groups in total. The molecule has 1 aliphatic carbocycles. The standard InChI is InChI=1S/C21H30ClN3O2.ClH/c1-15(26)25-11-7-16(8-12-25)20(27)24-19-5-9-21(14-23,10-6-19)17-3-2-4-18(22)13-17;/h2-4,13,16,19H,5-12,14,23H2,1H3,(H,24,27);1H/t19-,21+;. The maximum atomic E-state index is 12.6. The highest BCUT2D eigenvalue weighted by atomic mass is 35.5. The van der Waals surface area contributed by atoms with Gasteiger partial charge in [-0.15, -0.1) is 12.4 Å². The summed E-state index contributed by atoms with van der Waals surface area (Å²) in [5.74, 6) is 0.265. The van der Waals surface area contributed by atoms with Gasteiger partial charge in [0.05, 0.1) is 0 Å². The van der Waals surface area contributed by atoms with Crippen LogP contribution in [0.15, 0.2) is 24.3 Å². The van der Waals surface area contributed by atoms with E-state index in [2.05, 4.69) is 11.4 Å². The number of nitrogens with zero attached hydrogens (tertiary/aromatic N) is 1. The molecule has 0 unspecified atom stereocenters. The van der Waals surface area contributed by atoms with Gasteiger partial charge < -0.3 is 16.0 Å². The van der Waals surface area contributed by atoms with Crippen LogP contribution in [0.1, 0.15) is 51.0 Å². The lowest BCUT2D eigenvalue weighted by Crippen LogP contribution is -2.48. The normalized spacial score (nSPS) is 25.7. The third-order valence-electron chi connectivity index (χ3n) is 6.43. The molecule has 1 aliphatic heterocycles. The summed E-state index contributed by atoms with van der Waals surface area (Å²) in [7, 11) is 0. The molecule has 1 heterocycles. The van der Waals surface area contributed by atoms with Gasteiger partial charge in [0.15, 0.2) is 0 Å². The lowest BCUT2D eigenvalue weighted by Gasteiger charge is -2.40. The lowest BCUT2D eigenvalue weighted by atomic mass is 9.68. The summed E-state index contributed by atoms with van der Waals surface area (Å²) in [4.78, 5) is 25.9. The van der Waals surface area contributed by atoms with Gasteiger partial charge in [-0.1, -0.05) is 23.7 Å². The Labute approximate surface area is 178 Å². The van der Waals surface area contributed by atoms with Crippen molar-refractivity contribution in [3.05, 3.63) is 34.9 Å². The number of hydrogen-bond acceptors (Lipinski definition) is 3. The van der Waals surface area contributed by atoms with Crippen molar-refractivity contribution >= 4 is 35.8 Å². The van der Waals surface area contributed by atoms with Crippen molar-refractivity contribution < 1.29 is 9.59 Å². The van der Waals surface area contributed by atoms with E-state index in [1.807, 2.05) is 23.1 Å². The minimum Gasteiger partial charge on any atom is -0.353 e. The van der Waals surface area contributed by atoms with Gasteiger partial charge in [-0.2, -0.15) is 0 Å². The number of hydrogen-bond donors (Lipinski definition) is 2. The van der Waals surface area contributed by atoms with Crippen molar-refractivity contribution in [3.63, 3.8) is 0 Å². The van der Waals surface area contributed by atoms with Crippen LogP contribution in [0.5, 0.6) is 0 Å². The summed E-state index contributed by atoms with van der Waals surface area (Å²) < 4.78 is 0. The number of halogens is 2. The van der Waals surface area contributed by atoms with Crippen molar-refractivity contribution in [2.45, 2.75) is 56.9 Å². The van der Waals surface area contributed by atoms with Crippen molar-refractivity contribution in [3.8, 4) is 0 Å². The van der Waals surface area contributed by atoms with E-state index in [0.717, 1.165) is 43.5 Å². The van der Waals surface area contributed by atoms with Gasteiger partial charge >= 0.3 is 0 Å². The molecule has 0 atom stereocenters. The number of carbonyl (C=O) groups excluding carboxylic acids is 2. The van der Waals surface area contributed by atoms with Gasteiger partial charge in [0.2, 0.25) is 11.8 Å². The molecule has 1 saturated heterocycles. The molecule has 2 amide bonds. The van der Waals surface area contributed by atoms with E-state index in [0.29, 0.717) is 19.6 Å². The molecule has 0 aromatic heterocycles. The Morgan fingerprint density at radius 2 is 1.86 bits per heavy atom. The van der Waals surface area contributed by atoms with Crippen LogP contribution >= 0.6 is 24.0 Å². The number of carbonyl (C=O) groups is 2. The summed E-state index contributed by atoms with van der Waals surface area (Å²) in [6.45, 7) is 3.55. The highest BCUT2D eigenvalue weighted by Gasteiger charge is 2.37. The zero-order valence-corrected chi connectivity index (χ0v) is 18.0. The first kappa shape index (κ1) is 23.0. The highest BCUT2D eigenvalue weighted by molar-refractivity contribution is 6.30. The first-order valence-electron chi connectivity index (χ1n) is 9.95. The van der Waals surface area contributed by atoms with Crippen LogP contribution in [0.3, 0.4) is 0 Å². The molecule has 2 fully saturated rings. The zero-order valence-electron chi connectivity index (χ0n) is 16.5. The fourth-order valence-electron chi connectivity index (χ4n) is 4.52. The molecule has 3 rings (SSSR count). The number of amides is 2. The maximum Gasteiger partial charge on any atom is 0.223 e. The molecule has 0 bridgehead atoms. The summed E-state index contributed by atoms with van der Waals surface area (Å²) in [6.07, 6.45) is 5.29. The van der Waals surface area contributed by atoms with Crippen LogP contribution in [-0.2, 0) is 15.0 Å². The Bertz CT molecular complexity index is 682. The maximum absolute atomic E-state index is 12.6. The average Bonchev–Trinajstić information content (AvgIpc) is 2.69. The van der Waals surface area contributed by atoms with Crippen molar-refractivity contribution in [2.24, 2.45) is 11.7 Å². The van der Waals surface area contributed by atoms with Crippen LogP contribution < -0.4 is 11.1 Å². The smallest absolute Gasteiger partial charge is 0.223 e. The van der Waals surface area contributed by atoms with Crippen LogP contribution in [0.4, 0.5) is 0 Å². The Morgan fingerprint density at radius 3 is 2.39 bits per heavy atom. The Morgan fingerprint density at radius 1 is 1.21 bits per heavy atom. The van der Waals surface area contributed by atoms with Gasteiger partial charge in [-0.25, -0.2) is 0 Å². The largest absolute Gasteiger partial charge is 0.353 e. The molecule has 7 heteroatoms. The summed E-state index contributed by atoms with van der Waals surface area (Å²) >= 11 is 6.17. The minimum absolute atomic E-state index is 0. The van der Waals surface area contributed by atoms with E-state index in [1.54, 1.807) is 6.92 Å². The third kappa shape index (κ3) is 5.19. The van der Waals surface area contributed by atoms with E-state index >= 15 is 0 Å². The van der Waals surface area contributed by atoms with E-state index in [4.69, 9.17) is 17.3 Å². The second-order valence-electron chi connectivity index (χ2n) is 8.06. The van der Waals surface area contributed by atoms with Gasteiger partial charge in [0.25, 0.3) is 0 Å². The molecule has 5 nitrogen and oxygen atoms in total. The van der Waals surface area contributed by atoms with Crippen molar-refractivity contribution in [2.75, 3.05) is 19.6 Å². The van der Waals surface area contributed by atoms with Gasteiger partial charge in [0.1, 0.15) is 0 Å². The lowest BCUT2D eigenvalue weighted by molar-refractivity contribution is -0.134. The van der Waals surface area contributed by atoms with Gasteiger partial charge in [-0.3, -0.25) is 9.59 Å². The minimum atomic E-state index is -0.0427. The summed E-state index contributed by atoms with van der Waals surface area (Å²) in [6, 6.07) is 8.22. The zero-order chi connectivity index (χ0) is 19.4. The third-order valence-corrected chi connectivity index (χ3v) is 6.66. The molecule has 1 aromatic rings. The average molecular weight is 428 g/mol. The van der Waals surface area contributed by atoms with E-state index in [9.17, 15) is 9.59 Å². The van der Waals surface area contributed by atoms with E-state index in [-0.39, 0.29) is 41.6 Å². The van der Waals surface area contributed by atoms with E-state index in [1.165, 1.54) is 5.56 Å². The molecule has 0 spiro atoms. The molecule has 1 saturated carbocycles. The number of rotatable bonds is 4. The van der Waals surface area contributed by atoms with Crippen LogP contribution in [0.25, 0.3) is 0 Å². The highest BCUT2D eigenvalue weighted by Crippen LogP contribution is 2.39. The monoisotopic (exact) mass is 427 g/mol. The topological polar surface area (TPSA) is 75.4 Å². The van der Waals surface area contributed by atoms with Gasteiger partial charge in [0, 0.05) is 49.0 Å². The Balaban J connectivity index is 0.00000280. The van der Waals surface area contributed by atoms with Crippen molar-refractivity contribution in [1.29, 1.82) is 0 Å². The number of nitrogens with two attached hydrogens (primary N) is 1. The second-order valence-corrected chi connectivity index (χ2v) is 8.49. The molecular weight excluding hydrogens is 397 g/mol. The first-order valence-corrected chi connectivity index (χ1v) is 10.3. The molecule has 2 aliphatic rings. The predicted molar refractivity (Wildman–Crippen MR) is 115 cm³/mol. The molecular formula is C21H31Cl2N3O2.